The number of amidine groups is 1. The summed E-state index contributed by atoms with van der Waals surface area (Å²) in [7, 11) is 0. The van der Waals surface area contributed by atoms with Crippen molar-refractivity contribution in [1.29, 1.82) is 0 Å². The molecule has 0 fully saturated rings. The first kappa shape index (κ1) is 18.0. The summed E-state index contributed by atoms with van der Waals surface area (Å²) in [6.07, 6.45) is 0. The van der Waals surface area contributed by atoms with Gasteiger partial charge in [0.1, 0.15) is 11.7 Å². The van der Waals surface area contributed by atoms with E-state index in [9.17, 15) is 9.59 Å². The van der Waals surface area contributed by atoms with Gasteiger partial charge in [0.25, 0.3) is 0 Å². The summed E-state index contributed by atoms with van der Waals surface area (Å²) in [4.78, 5) is 29.1. The van der Waals surface area contributed by atoms with Crippen molar-refractivity contribution in [3.63, 3.8) is 0 Å². The number of thioether (sulfide) groups is 1. The van der Waals surface area contributed by atoms with Gasteiger partial charge >= 0.3 is 0 Å². The first-order valence-electron chi connectivity index (χ1n) is 9.90. The molecule has 3 aromatic carbocycles. The normalized spacial score (nSPS) is 19.5. The van der Waals surface area contributed by atoms with Gasteiger partial charge in [-0.05, 0) is 17.3 Å². The Morgan fingerprint density at radius 3 is 2.03 bits per heavy atom. The Labute approximate surface area is 182 Å². The lowest BCUT2D eigenvalue weighted by Gasteiger charge is -2.34. The summed E-state index contributed by atoms with van der Waals surface area (Å²) < 4.78 is 0. The molecule has 0 bridgehead atoms. The number of rotatable bonds is 2. The summed E-state index contributed by atoms with van der Waals surface area (Å²) in [6.45, 7) is 0. The molecule has 1 aliphatic carbocycles. The number of nitrogens with zero attached hydrogens (tertiary/aromatic N) is 3. The Morgan fingerprint density at radius 2 is 1.32 bits per heavy atom. The lowest BCUT2D eigenvalue weighted by molar-refractivity contribution is 0.0961. The maximum absolute atomic E-state index is 13.6. The molecule has 0 saturated heterocycles. The Morgan fingerprint density at radius 1 is 0.710 bits per heavy atom. The molecule has 6 rings (SSSR count). The quantitative estimate of drug-likeness (QED) is 0.594. The Hall–Kier alpha value is -3.77. The third kappa shape index (κ3) is 2.65. The van der Waals surface area contributed by atoms with Crippen LogP contribution in [0.15, 0.2) is 106 Å². The van der Waals surface area contributed by atoms with Gasteiger partial charge in [-0.1, -0.05) is 84.9 Å². The fourth-order valence-corrected chi connectivity index (χ4v) is 5.29. The van der Waals surface area contributed by atoms with Gasteiger partial charge in [-0.3, -0.25) is 9.59 Å². The molecule has 0 saturated carbocycles. The average Bonchev–Trinajstić information content (AvgIpc) is 3.23. The minimum Gasteiger partial charge on any atom is -0.301 e. The third-order valence-corrected chi connectivity index (χ3v) is 6.68. The number of hydrogen-bond acceptors (Lipinski definition) is 6. The van der Waals surface area contributed by atoms with Crippen LogP contribution in [0.2, 0.25) is 0 Å². The fraction of sp³-hybridized carbons (Fsp3) is 0.0400. The van der Waals surface area contributed by atoms with Crippen LogP contribution in [0.3, 0.4) is 0 Å². The van der Waals surface area contributed by atoms with Gasteiger partial charge in [-0.25, -0.2) is 0 Å². The summed E-state index contributed by atoms with van der Waals surface area (Å²) in [5, 5.41) is 9.53. The van der Waals surface area contributed by atoms with Gasteiger partial charge < -0.3 is 4.90 Å². The Bertz CT molecular complexity index is 1340. The van der Waals surface area contributed by atoms with Gasteiger partial charge in [0.2, 0.25) is 11.6 Å². The highest BCUT2D eigenvalue weighted by atomic mass is 32.2. The number of hydrogen-bond donors (Lipinski definition) is 0. The molecule has 0 N–H and O–H groups in total. The molecule has 0 spiro atoms. The molecule has 2 aliphatic heterocycles. The number of carbonyl (C=O) groups excluding carboxylic acids is 2. The van der Waals surface area contributed by atoms with E-state index in [0.29, 0.717) is 26.9 Å². The maximum Gasteiger partial charge on any atom is 0.211 e. The third-order valence-electron chi connectivity index (χ3n) is 5.64. The van der Waals surface area contributed by atoms with E-state index in [1.807, 2.05) is 65.6 Å². The molecule has 2 heterocycles. The maximum atomic E-state index is 13.6. The molecule has 1 unspecified atom stereocenters. The van der Waals surface area contributed by atoms with Gasteiger partial charge in [-0.15, -0.1) is 10.2 Å². The van der Waals surface area contributed by atoms with E-state index < -0.39 is 0 Å². The zero-order valence-corrected chi connectivity index (χ0v) is 17.0. The number of benzene rings is 3. The van der Waals surface area contributed by atoms with Crippen molar-refractivity contribution in [1.82, 2.24) is 4.90 Å². The minimum absolute atomic E-state index is 0.139. The molecule has 5 nitrogen and oxygen atoms in total. The van der Waals surface area contributed by atoms with Crippen molar-refractivity contribution in [3.8, 4) is 0 Å². The molecular formula is C25H15N3O2S. The average molecular weight is 421 g/mol. The summed E-state index contributed by atoms with van der Waals surface area (Å²) in [5.41, 5.74) is 3.91. The van der Waals surface area contributed by atoms with Crippen molar-refractivity contribution in [3.05, 3.63) is 118 Å². The predicted molar refractivity (Wildman–Crippen MR) is 121 cm³/mol. The molecule has 6 heteroatoms. The van der Waals surface area contributed by atoms with Crippen LogP contribution < -0.4 is 0 Å². The van der Waals surface area contributed by atoms with Crippen LogP contribution in [0.4, 0.5) is 0 Å². The zero-order valence-electron chi connectivity index (χ0n) is 16.2. The number of carbonyl (C=O) groups is 2. The van der Waals surface area contributed by atoms with Crippen LogP contribution in [0.1, 0.15) is 37.9 Å². The number of allylic oxidation sites excluding steroid dienone is 2. The summed E-state index contributed by atoms with van der Waals surface area (Å²) in [5.74, 6) is -0.293. The monoisotopic (exact) mass is 421 g/mol. The first-order chi connectivity index (χ1) is 15.2. The summed E-state index contributed by atoms with van der Waals surface area (Å²) >= 11 is 1.23. The number of fused-ring (bicyclic) bond motifs is 3. The topological polar surface area (TPSA) is 62.1 Å². The molecule has 1 atom stereocenters. The van der Waals surface area contributed by atoms with Crippen LogP contribution in [0.25, 0.3) is 0 Å². The highest BCUT2D eigenvalue weighted by Crippen LogP contribution is 2.47. The molecular weight excluding hydrogens is 406 g/mol. The van der Waals surface area contributed by atoms with Crippen LogP contribution in [-0.2, 0) is 0 Å². The number of ketones is 2. The van der Waals surface area contributed by atoms with Crippen molar-refractivity contribution >= 4 is 34.2 Å². The molecule has 148 valence electrons. The molecule has 0 amide bonds. The molecule has 0 aromatic heterocycles. The van der Waals surface area contributed by atoms with E-state index in [-0.39, 0.29) is 17.6 Å². The van der Waals surface area contributed by atoms with E-state index in [0.717, 1.165) is 16.8 Å². The van der Waals surface area contributed by atoms with Gasteiger partial charge in [0.05, 0.1) is 10.6 Å². The van der Waals surface area contributed by atoms with E-state index >= 15 is 0 Å². The summed E-state index contributed by atoms with van der Waals surface area (Å²) in [6, 6.07) is 26.4. The largest absolute Gasteiger partial charge is 0.301 e. The van der Waals surface area contributed by atoms with Crippen molar-refractivity contribution in [2.24, 2.45) is 10.2 Å². The first-order valence-corrected chi connectivity index (χ1v) is 10.7. The Kier molecular flexibility index (Phi) is 4.01. The van der Waals surface area contributed by atoms with Gasteiger partial charge in [0.15, 0.2) is 5.17 Å². The highest BCUT2D eigenvalue weighted by molar-refractivity contribution is 8.18. The smallest absolute Gasteiger partial charge is 0.211 e. The predicted octanol–water partition coefficient (Wildman–Crippen LogP) is 4.84. The lowest BCUT2D eigenvalue weighted by Crippen LogP contribution is -2.40. The van der Waals surface area contributed by atoms with Crippen LogP contribution >= 0.6 is 11.8 Å². The zero-order chi connectivity index (χ0) is 20.9. The van der Waals surface area contributed by atoms with Crippen LogP contribution in [-0.4, -0.2) is 27.3 Å². The number of Topliss-reactive ketones (excluding diaryl/α,β-unsaturated/α-hetero) is 2. The fourth-order valence-electron chi connectivity index (χ4n) is 4.24. The molecule has 0 radical (unpaired) electrons. The molecule has 3 aliphatic rings. The van der Waals surface area contributed by atoms with Crippen molar-refractivity contribution in [2.45, 2.75) is 6.04 Å². The van der Waals surface area contributed by atoms with Crippen LogP contribution in [0, 0.1) is 0 Å². The second-order valence-corrected chi connectivity index (χ2v) is 8.38. The SMILES string of the molecule is O=C1C2=C(C(=O)c3ccccc31)N1C(=NN=C(c3ccccc3)C1c1ccccc1)S2. The lowest BCUT2D eigenvalue weighted by atomic mass is 9.89. The van der Waals surface area contributed by atoms with Gasteiger partial charge in [-0.2, -0.15) is 0 Å². The molecule has 31 heavy (non-hydrogen) atoms. The molecule has 3 aromatic rings. The van der Waals surface area contributed by atoms with Gasteiger partial charge in [0, 0.05) is 16.7 Å². The van der Waals surface area contributed by atoms with E-state index in [2.05, 4.69) is 10.2 Å². The van der Waals surface area contributed by atoms with E-state index in [4.69, 9.17) is 0 Å². The Balaban J connectivity index is 1.56. The van der Waals surface area contributed by atoms with E-state index in [1.54, 1.807) is 24.3 Å². The standard InChI is InChI=1S/C25H15N3O2S/c29-22-17-13-7-8-14-18(17)23(30)24-21(22)28-20(16-11-5-2-6-12-16)19(26-27-25(28)31-24)15-9-3-1-4-10-15/h1-14,20H. The second-order valence-electron chi connectivity index (χ2n) is 7.40. The van der Waals surface area contributed by atoms with Crippen molar-refractivity contribution in [2.75, 3.05) is 0 Å². The van der Waals surface area contributed by atoms with E-state index in [1.165, 1.54) is 11.8 Å². The van der Waals surface area contributed by atoms with Crippen molar-refractivity contribution < 1.29 is 9.59 Å². The second kappa shape index (κ2) is 6.89. The van der Waals surface area contributed by atoms with Crippen LogP contribution in [0.5, 0.6) is 0 Å². The minimum atomic E-state index is -0.363. The highest BCUT2D eigenvalue weighted by Gasteiger charge is 2.48.